The van der Waals surface area contributed by atoms with E-state index in [-0.39, 0.29) is 0 Å². The quantitative estimate of drug-likeness (QED) is 0.736. The third kappa shape index (κ3) is 5.82. The second kappa shape index (κ2) is 5.98. The molecule has 0 amide bonds. The number of nitrogens with zero attached hydrogens (tertiary/aromatic N) is 1. The molecule has 0 aromatic carbocycles. The van der Waals surface area contributed by atoms with Crippen LogP contribution in [-0.4, -0.2) is 45.8 Å². The Kier molecular flexibility index (Phi) is 5.21. The molecule has 0 unspecified atom stereocenters. The Morgan fingerprint density at radius 3 is 2.31 bits per heavy atom. The average Bonchev–Trinajstić information content (AvgIpc) is 2.09. The van der Waals surface area contributed by atoms with E-state index in [1.54, 1.807) is 0 Å². The van der Waals surface area contributed by atoms with Crippen LogP contribution in [0.2, 0.25) is 0 Å². The fourth-order valence-corrected chi connectivity index (χ4v) is 3.05. The van der Waals surface area contributed by atoms with E-state index >= 15 is 0 Å². The van der Waals surface area contributed by atoms with Crippen molar-refractivity contribution in [1.29, 1.82) is 0 Å². The highest BCUT2D eigenvalue weighted by Gasteiger charge is 2.20. The SMILES string of the molecule is C[C@@H]1C[C@@H](C)CN(CCCNS(C)(=O)=O)C1. The van der Waals surface area contributed by atoms with Crippen molar-refractivity contribution in [2.75, 3.05) is 32.4 Å². The van der Waals surface area contributed by atoms with Crippen molar-refractivity contribution >= 4 is 10.0 Å². The van der Waals surface area contributed by atoms with Gasteiger partial charge in [0.05, 0.1) is 6.26 Å². The highest BCUT2D eigenvalue weighted by molar-refractivity contribution is 7.88. The van der Waals surface area contributed by atoms with Crippen LogP contribution in [0.15, 0.2) is 0 Å². The van der Waals surface area contributed by atoms with E-state index in [4.69, 9.17) is 0 Å². The summed E-state index contributed by atoms with van der Waals surface area (Å²) in [6.45, 7) is 8.44. The number of sulfonamides is 1. The van der Waals surface area contributed by atoms with Crippen LogP contribution in [0.3, 0.4) is 0 Å². The summed E-state index contributed by atoms with van der Waals surface area (Å²) >= 11 is 0. The summed E-state index contributed by atoms with van der Waals surface area (Å²) < 4.78 is 24.3. The monoisotopic (exact) mass is 248 g/mol. The highest BCUT2D eigenvalue weighted by atomic mass is 32.2. The van der Waals surface area contributed by atoms with Crippen molar-refractivity contribution in [3.63, 3.8) is 0 Å². The Morgan fingerprint density at radius 1 is 1.25 bits per heavy atom. The van der Waals surface area contributed by atoms with Crippen LogP contribution >= 0.6 is 0 Å². The third-order valence-corrected chi connectivity index (χ3v) is 3.69. The topological polar surface area (TPSA) is 49.4 Å². The van der Waals surface area contributed by atoms with Crippen molar-refractivity contribution in [2.45, 2.75) is 26.7 Å². The van der Waals surface area contributed by atoms with Crippen LogP contribution in [0, 0.1) is 11.8 Å². The van der Waals surface area contributed by atoms with Crippen LogP contribution < -0.4 is 4.72 Å². The van der Waals surface area contributed by atoms with Gasteiger partial charge in [0.1, 0.15) is 0 Å². The molecule has 1 rings (SSSR count). The summed E-state index contributed by atoms with van der Waals surface area (Å²) in [6, 6.07) is 0. The number of piperidine rings is 1. The van der Waals surface area contributed by atoms with Gasteiger partial charge < -0.3 is 4.90 Å². The maximum atomic E-state index is 10.9. The molecule has 5 heteroatoms. The largest absolute Gasteiger partial charge is 0.303 e. The van der Waals surface area contributed by atoms with Crippen molar-refractivity contribution in [3.05, 3.63) is 0 Å². The normalized spacial score (nSPS) is 28.2. The zero-order valence-electron chi connectivity index (χ0n) is 10.6. The van der Waals surface area contributed by atoms with Crippen molar-refractivity contribution in [3.8, 4) is 0 Å². The smallest absolute Gasteiger partial charge is 0.208 e. The minimum absolute atomic E-state index is 0.554. The summed E-state index contributed by atoms with van der Waals surface area (Å²) in [7, 11) is -3.02. The number of hydrogen-bond acceptors (Lipinski definition) is 3. The molecule has 0 bridgehead atoms. The number of hydrogen-bond donors (Lipinski definition) is 1. The number of rotatable bonds is 5. The van der Waals surface area contributed by atoms with Crippen LogP contribution in [0.1, 0.15) is 26.7 Å². The van der Waals surface area contributed by atoms with Crippen LogP contribution in [0.5, 0.6) is 0 Å². The molecule has 0 aromatic rings. The molecule has 1 saturated heterocycles. The first kappa shape index (κ1) is 13.9. The molecule has 2 atom stereocenters. The van der Waals surface area contributed by atoms with Gasteiger partial charge in [-0.25, -0.2) is 13.1 Å². The van der Waals surface area contributed by atoms with Gasteiger partial charge >= 0.3 is 0 Å². The molecule has 1 heterocycles. The van der Waals surface area contributed by atoms with Gasteiger partial charge in [-0.1, -0.05) is 13.8 Å². The van der Waals surface area contributed by atoms with Crippen LogP contribution in [0.25, 0.3) is 0 Å². The summed E-state index contributed by atoms with van der Waals surface area (Å²) in [5.41, 5.74) is 0. The van der Waals surface area contributed by atoms with E-state index in [2.05, 4.69) is 23.5 Å². The lowest BCUT2D eigenvalue weighted by Gasteiger charge is -2.34. The van der Waals surface area contributed by atoms with E-state index in [1.165, 1.54) is 12.7 Å². The maximum Gasteiger partial charge on any atom is 0.208 e. The summed E-state index contributed by atoms with van der Waals surface area (Å²) in [6.07, 6.45) is 3.42. The fraction of sp³-hybridized carbons (Fsp3) is 1.00. The third-order valence-electron chi connectivity index (χ3n) is 2.96. The zero-order valence-corrected chi connectivity index (χ0v) is 11.4. The molecule has 0 aliphatic carbocycles. The molecular weight excluding hydrogens is 224 g/mol. The average molecular weight is 248 g/mol. The summed E-state index contributed by atoms with van der Waals surface area (Å²) in [4.78, 5) is 2.45. The van der Waals surface area contributed by atoms with Gasteiger partial charge in [-0.3, -0.25) is 0 Å². The molecule has 0 aromatic heterocycles. The van der Waals surface area contributed by atoms with Gasteiger partial charge in [-0.05, 0) is 31.2 Å². The van der Waals surface area contributed by atoms with E-state index in [0.717, 1.165) is 37.9 Å². The van der Waals surface area contributed by atoms with E-state index < -0.39 is 10.0 Å². The molecule has 1 N–H and O–H groups in total. The van der Waals surface area contributed by atoms with Crippen LogP contribution in [0.4, 0.5) is 0 Å². The molecule has 1 aliphatic heterocycles. The Hall–Kier alpha value is -0.130. The van der Waals surface area contributed by atoms with Gasteiger partial charge in [0, 0.05) is 19.6 Å². The maximum absolute atomic E-state index is 10.9. The standard InChI is InChI=1S/C11H24N2O2S/c1-10-7-11(2)9-13(8-10)6-4-5-12-16(3,14)15/h10-12H,4-9H2,1-3H3/t10-,11-/m1/s1. The molecule has 0 saturated carbocycles. The van der Waals surface area contributed by atoms with Crippen molar-refractivity contribution in [1.82, 2.24) is 9.62 Å². The van der Waals surface area contributed by atoms with E-state index in [0.29, 0.717) is 6.54 Å². The summed E-state index contributed by atoms with van der Waals surface area (Å²) in [5, 5.41) is 0. The van der Waals surface area contributed by atoms with Crippen molar-refractivity contribution < 1.29 is 8.42 Å². The van der Waals surface area contributed by atoms with Gasteiger partial charge in [0.15, 0.2) is 0 Å². The molecule has 4 nitrogen and oxygen atoms in total. The molecule has 0 radical (unpaired) electrons. The molecule has 1 fully saturated rings. The Labute approximate surface area is 99.5 Å². The predicted molar refractivity (Wildman–Crippen MR) is 66.8 cm³/mol. The second-order valence-electron chi connectivity index (χ2n) is 5.23. The first-order chi connectivity index (χ1) is 7.37. The molecular formula is C11H24N2O2S. The molecule has 16 heavy (non-hydrogen) atoms. The lowest BCUT2D eigenvalue weighted by atomic mass is 9.92. The summed E-state index contributed by atoms with van der Waals surface area (Å²) in [5.74, 6) is 1.54. The number of likely N-dealkylation sites (tertiary alicyclic amines) is 1. The molecule has 0 spiro atoms. The minimum atomic E-state index is -3.02. The second-order valence-corrected chi connectivity index (χ2v) is 7.06. The Balaban J connectivity index is 2.17. The first-order valence-electron chi connectivity index (χ1n) is 6.04. The lowest BCUT2D eigenvalue weighted by Crippen LogP contribution is -2.40. The highest BCUT2D eigenvalue weighted by Crippen LogP contribution is 2.20. The van der Waals surface area contributed by atoms with Gasteiger partial charge in [0.2, 0.25) is 10.0 Å². The fourth-order valence-electron chi connectivity index (χ4n) is 2.53. The van der Waals surface area contributed by atoms with E-state index in [9.17, 15) is 8.42 Å². The molecule has 1 aliphatic rings. The van der Waals surface area contributed by atoms with Gasteiger partial charge in [-0.2, -0.15) is 0 Å². The first-order valence-corrected chi connectivity index (χ1v) is 7.93. The minimum Gasteiger partial charge on any atom is -0.303 e. The Morgan fingerprint density at radius 2 is 1.81 bits per heavy atom. The lowest BCUT2D eigenvalue weighted by molar-refractivity contribution is 0.140. The molecule has 96 valence electrons. The predicted octanol–water partition coefficient (Wildman–Crippen LogP) is 0.904. The van der Waals surface area contributed by atoms with E-state index in [1.807, 2.05) is 0 Å². The van der Waals surface area contributed by atoms with Gasteiger partial charge in [0.25, 0.3) is 0 Å². The van der Waals surface area contributed by atoms with Crippen molar-refractivity contribution in [2.24, 2.45) is 11.8 Å². The van der Waals surface area contributed by atoms with Crippen LogP contribution in [-0.2, 0) is 10.0 Å². The number of nitrogens with one attached hydrogen (secondary N) is 1. The Bertz CT molecular complexity index is 293. The van der Waals surface area contributed by atoms with Gasteiger partial charge in [-0.15, -0.1) is 0 Å². The zero-order chi connectivity index (χ0) is 12.2.